The number of aryl methyl sites for hydroxylation is 1. The van der Waals surface area contributed by atoms with Crippen molar-refractivity contribution in [3.05, 3.63) is 59.9 Å². The molecule has 1 unspecified atom stereocenters. The van der Waals surface area contributed by atoms with Crippen LogP contribution in [-0.4, -0.2) is 23.0 Å². The van der Waals surface area contributed by atoms with Gasteiger partial charge in [-0.25, -0.2) is 9.97 Å². The lowest BCUT2D eigenvalue weighted by Gasteiger charge is -2.14. The van der Waals surface area contributed by atoms with E-state index in [1.807, 2.05) is 44.2 Å². The summed E-state index contributed by atoms with van der Waals surface area (Å²) in [5, 5.41) is 3.43. The quantitative estimate of drug-likeness (QED) is 0.541. The van der Waals surface area contributed by atoms with E-state index in [1.54, 1.807) is 24.2 Å². The van der Waals surface area contributed by atoms with E-state index in [9.17, 15) is 4.79 Å². The first-order valence-corrected chi connectivity index (χ1v) is 10.3. The lowest BCUT2D eigenvalue weighted by Crippen LogP contribution is -2.22. The first kappa shape index (κ1) is 19.6. The number of thioether (sulfide) groups is 1. The summed E-state index contributed by atoms with van der Waals surface area (Å²) in [6.07, 6.45) is 3.66. The first-order chi connectivity index (χ1) is 13.1. The van der Waals surface area contributed by atoms with E-state index in [0.717, 1.165) is 22.0 Å². The molecular weight excluding hydrogens is 382 g/mol. The molecule has 0 aliphatic heterocycles. The van der Waals surface area contributed by atoms with E-state index < -0.39 is 6.10 Å². The Bertz CT molecular complexity index is 879. The zero-order chi connectivity index (χ0) is 19.2. The molecule has 2 aromatic heterocycles. The van der Waals surface area contributed by atoms with Gasteiger partial charge >= 0.3 is 0 Å². The van der Waals surface area contributed by atoms with Crippen LogP contribution >= 0.6 is 23.1 Å². The molecule has 3 aromatic rings. The van der Waals surface area contributed by atoms with Crippen LogP contribution < -0.4 is 5.32 Å². The molecule has 3 rings (SSSR count). The van der Waals surface area contributed by atoms with Gasteiger partial charge in [0, 0.05) is 13.5 Å². The van der Waals surface area contributed by atoms with E-state index >= 15 is 0 Å². The molecule has 1 aromatic carbocycles. The summed E-state index contributed by atoms with van der Waals surface area (Å²) in [5.41, 5.74) is 0.799. The number of carbonyl (C=O) groups is 1. The Labute approximate surface area is 166 Å². The number of anilines is 1. The van der Waals surface area contributed by atoms with Crippen LogP contribution in [0.25, 0.3) is 0 Å². The zero-order valence-corrected chi connectivity index (χ0v) is 17.0. The van der Waals surface area contributed by atoms with Crippen LogP contribution in [0.3, 0.4) is 0 Å². The predicted molar refractivity (Wildman–Crippen MR) is 107 cm³/mol. The molecule has 0 saturated carbocycles. The molecule has 1 N–H and O–H groups in total. The lowest BCUT2D eigenvalue weighted by molar-refractivity contribution is -0.126. The number of nitrogens with one attached hydrogen (secondary N) is 1. The van der Waals surface area contributed by atoms with Crippen molar-refractivity contribution in [2.24, 2.45) is 0 Å². The number of rotatable bonds is 8. The molecule has 1 amide bonds. The minimum absolute atomic E-state index is 0.0605. The van der Waals surface area contributed by atoms with Gasteiger partial charge in [0.2, 0.25) is 5.89 Å². The Balaban J connectivity index is 1.62. The van der Waals surface area contributed by atoms with Crippen LogP contribution in [0.2, 0.25) is 0 Å². The largest absolute Gasteiger partial charge is 0.445 e. The maximum Gasteiger partial charge on any atom is 0.259 e. The van der Waals surface area contributed by atoms with E-state index in [2.05, 4.69) is 15.3 Å². The SMILES string of the molecule is CCc1cnc(C(C)Sc2cnc(NC(=O)[C@@H](OC)c3ccccc3)s2)o1. The molecular formula is C19H21N3O3S2. The molecule has 6 nitrogen and oxygen atoms in total. The second-order valence-corrected chi connectivity index (χ2v) is 8.45. The molecule has 0 aliphatic carbocycles. The van der Waals surface area contributed by atoms with Gasteiger partial charge in [0.05, 0.1) is 21.9 Å². The number of amides is 1. The standard InChI is InChI=1S/C19H21N3O3S2/c1-4-14-10-20-18(25-14)12(2)26-15-11-21-19(27-15)22-17(23)16(24-3)13-8-6-5-7-9-13/h5-12,16H,4H2,1-3H3,(H,21,22,23)/t12?,16-/m0/s1. The smallest absolute Gasteiger partial charge is 0.259 e. The van der Waals surface area contributed by atoms with Gasteiger partial charge in [0.25, 0.3) is 5.91 Å². The van der Waals surface area contributed by atoms with Crippen LogP contribution in [0.5, 0.6) is 0 Å². The van der Waals surface area contributed by atoms with Gasteiger partial charge in [0.1, 0.15) is 5.76 Å². The molecule has 8 heteroatoms. The summed E-state index contributed by atoms with van der Waals surface area (Å²) in [4.78, 5) is 21.1. The molecule has 0 saturated heterocycles. The number of benzene rings is 1. The molecule has 2 heterocycles. The van der Waals surface area contributed by atoms with Gasteiger partial charge in [-0.3, -0.25) is 10.1 Å². The van der Waals surface area contributed by atoms with Crippen molar-refractivity contribution in [1.29, 1.82) is 0 Å². The highest BCUT2D eigenvalue weighted by Gasteiger charge is 2.21. The van der Waals surface area contributed by atoms with Crippen LogP contribution in [0.15, 0.2) is 51.4 Å². The summed E-state index contributed by atoms with van der Waals surface area (Å²) in [6, 6.07) is 9.37. The van der Waals surface area contributed by atoms with E-state index in [-0.39, 0.29) is 11.2 Å². The van der Waals surface area contributed by atoms with Crippen molar-refractivity contribution in [3.63, 3.8) is 0 Å². The van der Waals surface area contributed by atoms with Crippen LogP contribution in [0.4, 0.5) is 5.13 Å². The minimum Gasteiger partial charge on any atom is -0.445 e. The maximum absolute atomic E-state index is 12.5. The van der Waals surface area contributed by atoms with E-state index in [0.29, 0.717) is 11.0 Å². The second-order valence-electron chi connectivity index (χ2n) is 5.78. The van der Waals surface area contributed by atoms with Crippen molar-refractivity contribution in [2.75, 3.05) is 12.4 Å². The highest BCUT2D eigenvalue weighted by atomic mass is 32.2. The van der Waals surface area contributed by atoms with Crippen LogP contribution in [0.1, 0.15) is 42.4 Å². The Morgan fingerprint density at radius 2 is 2.07 bits per heavy atom. The fourth-order valence-corrected chi connectivity index (χ4v) is 4.55. The summed E-state index contributed by atoms with van der Waals surface area (Å²) in [7, 11) is 1.52. The molecule has 0 bridgehead atoms. The summed E-state index contributed by atoms with van der Waals surface area (Å²) in [6.45, 7) is 4.06. The molecule has 2 atom stereocenters. The van der Waals surface area contributed by atoms with Gasteiger partial charge in [0.15, 0.2) is 11.2 Å². The number of ether oxygens (including phenoxy) is 1. The highest BCUT2D eigenvalue weighted by molar-refractivity contribution is 8.01. The maximum atomic E-state index is 12.5. The van der Waals surface area contributed by atoms with Crippen molar-refractivity contribution >= 4 is 34.1 Å². The van der Waals surface area contributed by atoms with Crippen molar-refractivity contribution in [1.82, 2.24) is 9.97 Å². The third kappa shape index (κ3) is 4.97. The predicted octanol–water partition coefficient (Wildman–Crippen LogP) is 4.87. The summed E-state index contributed by atoms with van der Waals surface area (Å²) < 4.78 is 12.0. The normalized spacial score (nSPS) is 13.3. The number of methoxy groups -OCH3 is 1. The van der Waals surface area contributed by atoms with Crippen molar-refractivity contribution in [3.8, 4) is 0 Å². The fraction of sp³-hybridized carbons (Fsp3) is 0.316. The Kier molecular flexibility index (Phi) is 6.65. The van der Waals surface area contributed by atoms with Gasteiger partial charge < -0.3 is 9.15 Å². The van der Waals surface area contributed by atoms with Crippen LogP contribution in [0, 0.1) is 0 Å². The third-order valence-corrected chi connectivity index (χ3v) is 5.99. The molecule has 0 aliphatic rings. The summed E-state index contributed by atoms with van der Waals surface area (Å²) in [5.74, 6) is 1.32. The average molecular weight is 404 g/mol. The van der Waals surface area contributed by atoms with Crippen molar-refractivity contribution < 1.29 is 13.9 Å². The minimum atomic E-state index is -0.676. The number of hydrogen-bond donors (Lipinski definition) is 1. The molecule has 142 valence electrons. The van der Waals surface area contributed by atoms with Crippen LogP contribution in [-0.2, 0) is 16.0 Å². The third-order valence-electron chi connectivity index (χ3n) is 3.85. The van der Waals surface area contributed by atoms with E-state index in [1.165, 1.54) is 18.4 Å². The molecule has 0 spiro atoms. The van der Waals surface area contributed by atoms with Gasteiger partial charge in [-0.2, -0.15) is 0 Å². The first-order valence-electron chi connectivity index (χ1n) is 8.56. The lowest BCUT2D eigenvalue weighted by atomic mass is 10.1. The van der Waals surface area contributed by atoms with Crippen molar-refractivity contribution in [2.45, 2.75) is 35.8 Å². The Morgan fingerprint density at radius 1 is 1.30 bits per heavy atom. The fourth-order valence-electron chi connectivity index (χ4n) is 2.46. The highest BCUT2D eigenvalue weighted by Crippen LogP contribution is 2.38. The zero-order valence-electron chi connectivity index (χ0n) is 15.3. The van der Waals surface area contributed by atoms with Gasteiger partial charge in [-0.05, 0) is 12.5 Å². The number of aromatic nitrogens is 2. The number of carbonyl (C=O) groups excluding carboxylic acids is 1. The number of nitrogens with zero attached hydrogens (tertiary/aromatic N) is 2. The topological polar surface area (TPSA) is 77.2 Å². The second kappa shape index (κ2) is 9.16. The summed E-state index contributed by atoms with van der Waals surface area (Å²) >= 11 is 3.01. The van der Waals surface area contributed by atoms with Gasteiger partial charge in [-0.1, -0.05) is 48.6 Å². The molecule has 0 radical (unpaired) electrons. The monoisotopic (exact) mass is 403 g/mol. The Morgan fingerprint density at radius 3 is 2.74 bits per heavy atom. The number of hydrogen-bond acceptors (Lipinski definition) is 7. The van der Waals surface area contributed by atoms with E-state index in [4.69, 9.17) is 9.15 Å². The average Bonchev–Trinajstić information content (AvgIpc) is 3.32. The van der Waals surface area contributed by atoms with Gasteiger partial charge in [-0.15, -0.1) is 11.8 Å². The molecule has 0 fully saturated rings. The number of oxazole rings is 1. The molecule has 27 heavy (non-hydrogen) atoms. The Hall–Kier alpha value is -2.16. The number of thiazole rings is 1.